The summed E-state index contributed by atoms with van der Waals surface area (Å²) in [5.41, 5.74) is 0.270. The van der Waals surface area contributed by atoms with E-state index in [1.807, 2.05) is 0 Å². The number of aromatic nitrogens is 2. The zero-order valence-corrected chi connectivity index (χ0v) is 13.8. The summed E-state index contributed by atoms with van der Waals surface area (Å²) in [6.07, 6.45) is 1.36. The Kier molecular flexibility index (Phi) is 6.14. The zero-order valence-electron chi connectivity index (χ0n) is 12.2. The van der Waals surface area contributed by atoms with Crippen LogP contribution in [0.3, 0.4) is 0 Å². The van der Waals surface area contributed by atoms with E-state index in [1.54, 1.807) is 24.3 Å². The van der Waals surface area contributed by atoms with Crippen molar-refractivity contribution >= 4 is 34.3 Å². The van der Waals surface area contributed by atoms with Gasteiger partial charge in [0.05, 0.1) is 5.56 Å². The molecule has 1 atom stereocenters. The highest BCUT2D eigenvalue weighted by atomic mass is 32.2. The minimum atomic E-state index is -1.74. The summed E-state index contributed by atoms with van der Waals surface area (Å²) in [4.78, 5) is 20.9. The SMILES string of the molecule is CNS(=O)NC(=O)/C(=N/OC)c1ccccc1Oc1ncns1. The van der Waals surface area contributed by atoms with Crippen LogP contribution in [0.4, 0.5) is 0 Å². The van der Waals surface area contributed by atoms with Crippen LogP contribution < -0.4 is 14.2 Å². The molecule has 0 bridgehead atoms. The third-order valence-electron chi connectivity index (χ3n) is 2.45. The van der Waals surface area contributed by atoms with Crippen molar-refractivity contribution in [1.29, 1.82) is 0 Å². The smallest absolute Gasteiger partial charge is 0.298 e. The van der Waals surface area contributed by atoms with Crippen molar-refractivity contribution in [1.82, 2.24) is 18.8 Å². The third-order valence-corrected chi connectivity index (χ3v) is 3.74. The molecule has 11 heteroatoms. The summed E-state index contributed by atoms with van der Waals surface area (Å²) in [7, 11) is 2.74. The lowest BCUT2D eigenvalue weighted by Crippen LogP contribution is -2.38. The lowest BCUT2D eigenvalue weighted by molar-refractivity contribution is -0.113. The quantitative estimate of drug-likeness (QED) is 0.555. The highest BCUT2D eigenvalue weighted by Gasteiger charge is 2.21. The zero-order chi connectivity index (χ0) is 16.7. The normalized spacial score (nSPS) is 12.5. The van der Waals surface area contributed by atoms with Crippen LogP contribution in [-0.4, -0.2) is 39.3 Å². The van der Waals surface area contributed by atoms with Crippen LogP contribution in [-0.2, 0) is 20.8 Å². The van der Waals surface area contributed by atoms with E-state index in [0.717, 1.165) is 11.5 Å². The van der Waals surface area contributed by atoms with Gasteiger partial charge in [0.25, 0.3) is 11.1 Å². The highest BCUT2D eigenvalue weighted by Crippen LogP contribution is 2.26. The molecule has 1 unspecified atom stereocenters. The number of hydrogen-bond acceptors (Lipinski definition) is 8. The number of hydrogen-bond donors (Lipinski definition) is 2. The summed E-state index contributed by atoms with van der Waals surface area (Å²) in [5.74, 6) is -0.349. The molecule has 0 saturated carbocycles. The van der Waals surface area contributed by atoms with E-state index in [2.05, 4.69) is 24.0 Å². The Hall–Kier alpha value is -2.37. The number of ether oxygens (including phenoxy) is 1. The lowest BCUT2D eigenvalue weighted by Gasteiger charge is -2.10. The fourth-order valence-corrected chi connectivity index (χ4v) is 2.31. The average Bonchev–Trinajstić information content (AvgIpc) is 3.06. The summed E-state index contributed by atoms with van der Waals surface area (Å²) in [6, 6.07) is 6.70. The Labute approximate surface area is 138 Å². The van der Waals surface area contributed by atoms with Crippen LogP contribution in [0.1, 0.15) is 5.56 Å². The second-order valence-corrected chi connectivity index (χ2v) is 5.72. The Morgan fingerprint density at radius 1 is 1.39 bits per heavy atom. The molecule has 9 nitrogen and oxygen atoms in total. The van der Waals surface area contributed by atoms with Gasteiger partial charge in [-0.25, -0.2) is 8.93 Å². The summed E-state index contributed by atoms with van der Waals surface area (Å²) in [5, 5.41) is 4.01. The predicted molar refractivity (Wildman–Crippen MR) is 85.3 cm³/mol. The molecule has 0 aliphatic heterocycles. The molecule has 1 aromatic carbocycles. The molecule has 0 saturated heterocycles. The molecule has 2 N–H and O–H groups in total. The van der Waals surface area contributed by atoms with Gasteiger partial charge in [-0.05, 0) is 19.2 Å². The minimum absolute atomic E-state index is 0.0868. The number of oxime groups is 1. The second kappa shape index (κ2) is 8.31. The number of para-hydroxylation sites is 1. The van der Waals surface area contributed by atoms with Gasteiger partial charge in [-0.15, -0.1) is 0 Å². The van der Waals surface area contributed by atoms with Crippen molar-refractivity contribution in [3.05, 3.63) is 36.2 Å². The van der Waals surface area contributed by atoms with Gasteiger partial charge in [-0.1, -0.05) is 17.3 Å². The molecule has 23 heavy (non-hydrogen) atoms. The van der Waals surface area contributed by atoms with Crippen molar-refractivity contribution < 1.29 is 18.6 Å². The second-order valence-electron chi connectivity index (χ2n) is 3.83. The van der Waals surface area contributed by atoms with Crippen LogP contribution in [0.2, 0.25) is 0 Å². The number of rotatable bonds is 7. The maximum atomic E-state index is 12.2. The first-order valence-corrected chi connectivity index (χ1v) is 8.13. The van der Waals surface area contributed by atoms with Gasteiger partial charge in [0, 0.05) is 11.5 Å². The molecule has 2 rings (SSSR count). The van der Waals surface area contributed by atoms with Gasteiger partial charge >= 0.3 is 0 Å². The molecule has 1 aromatic heterocycles. The molecular weight excluding hydrogens is 342 g/mol. The van der Waals surface area contributed by atoms with Crippen LogP contribution in [0, 0.1) is 0 Å². The molecule has 0 aliphatic rings. The maximum absolute atomic E-state index is 12.2. The fourth-order valence-electron chi connectivity index (χ4n) is 1.54. The van der Waals surface area contributed by atoms with E-state index in [4.69, 9.17) is 9.57 Å². The van der Waals surface area contributed by atoms with Gasteiger partial charge in [-0.2, -0.15) is 9.36 Å². The van der Waals surface area contributed by atoms with Crippen molar-refractivity contribution in [3.8, 4) is 10.9 Å². The van der Waals surface area contributed by atoms with Crippen molar-refractivity contribution in [3.63, 3.8) is 0 Å². The Morgan fingerprint density at radius 2 is 2.17 bits per heavy atom. The third kappa shape index (κ3) is 4.55. The van der Waals surface area contributed by atoms with Gasteiger partial charge in [0.2, 0.25) is 0 Å². The number of carbonyl (C=O) groups is 1. The lowest BCUT2D eigenvalue weighted by atomic mass is 10.1. The molecule has 0 radical (unpaired) electrons. The van der Waals surface area contributed by atoms with E-state index in [-0.39, 0.29) is 5.71 Å². The van der Waals surface area contributed by atoms with Gasteiger partial charge in [-0.3, -0.25) is 9.52 Å². The number of nitrogens with one attached hydrogen (secondary N) is 2. The first-order chi connectivity index (χ1) is 11.2. The minimum Gasteiger partial charge on any atom is -0.429 e. The Balaban J connectivity index is 2.34. The molecule has 122 valence electrons. The van der Waals surface area contributed by atoms with Crippen molar-refractivity contribution in [2.45, 2.75) is 0 Å². The summed E-state index contributed by atoms with van der Waals surface area (Å²) >= 11 is -0.680. The Morgan fingerprint density at radius 3 is 2.83 bits per heavy atom. The molecule has 0 fully saturated rings. The molecule has 1 amide bonds. The first kappa shape index (κ1) is 17.0. The van der Waals surface area contributed by atoms with Crippen molar-refractivity contribution in [2.75, 3.05) is 14.2 Å². The standard InChI is InChI=1S/C12H13N5O4S2/c1-13-23(19)17-11(18)10(16-20-2)8-5-3-4-6-9(8)21-12-14-7-15-22-12/h3-7,13H,1-2H3,(H,17,18)/b16-10+. The van der Waals surface area contributed by atoms with Gasteiger partial charge in [0.15, 0.2) is 16.9 Å². The molecule has 0 aliphatic carbocycles. The van der Waals surface area contributed by atoms with E-state index >= 15 is 0 Å². The molecule has 1 heterocycles. The average molecular weight is 355 g/mol. The van der Waals surface area contributed by atoms with Crippen LogP contribution in [0.25, 0.3) is 0 Å². The van der Waals surface area contributed by atoms with Gasteiger partial charge in [0.1, 0.15) is 19.2 Å². The number of carbonyl (C=O) groups excluding carboxylic acids is 1. The fraction of sp³-hybridized carbons (Fsp3) is 0.167. The topological polar surface area (TPSA) is 115 Å². The largest absolute Gasteiger partial charge is 0.429 e. The van der Waals surface area contributed by atoms with E-state index < -0.39 is 17.1 Å². The predicted octanol–water partition coefficient (Wildman–Crippen LogP) is 0.595. The first-order valence-electron chi connectivity index (χ1n) is 6.21. The monoisotopic (exact) mass is 355 g/mol. The van der Waals surface area contributed by atoms with Gasteiger partial charge < -0.3 is 9.57 Å². The molecule has 2 aromatic rings. The van der Waals surface area contributed by atoms with Crippen LogP contribution in [0.5, 0.6) is 10.9 Å². The summed E-state index contributed by atoms with van der Waals surface area (Å²) in [6.45, 7) is 0. The van der Waals surface area contributed by atoms with E-state index in [0.29, 0.717) is 16.5 Å². The Bertz CT molecular complexity index is 720. The highest BCUT2D eigenvalue weighted by molar-refractivity contribution is 7.81. The van der Waals surface area contributed by atoms with Crippen LogP contribution >= 0.6 is 11.5 Å². The maximum Gasteiger partial charge on any atom is 0.298 e. The van der Waals surface area contributed by atoms with E-state index in [9.17, 15) is 9.00 Å². The summed E-state index contributed by atoms with van der Waals surface area (Å²) < 4.78 is 25.5. The molecular formula is C12H13N5O4S2. The number of nitrogens with zero attached hydrogens (tertiary/aromatic N) is 3. The van der Waals surface area contributed by atoms with Crippen molar-refractivity contribution in [2.24, 2.45) is 5.16 Å². The molecule has 0 spiro atoms. The van der Waals surface area contributed by atoms with E-state index in [1.165, 1.54) is 20.5 Å². The number of benzene rings is 1. The van der Waals surface area contributed by atoms with Crippen LogP contribution in [0.15, 0.2) is 35.7 Å². The number of amides is 1.